The molecule has 0 radical (unpaired) electrons. The van der Waals surface area contributed by atoms with E-state index in [1.807, 2.05) is 6.20 Å². The van der Waals surface area contributed by atoms with Gasteiger partial charge in [-0.25, -0.2) is 9.37 Å². The Balaban J connectivity index is 1.54. The number of H-pyrrole nitrogens is 1. The van der Waals surface area contributed by atoms with Crippen molar-refractivity contribution >= 4 is 17.4 Å². The van der Waals surface area contributed by atoms with Crippen molar-refractivity contribution in [2.45, 2.75) is 32.5 Å². The second kappa shape index (κ2) is 6.40. The first-order valence-corrected chi connectivity index (χ1v) is 9.48. The number of halogens is 1. The summed E-state index contributed by atoms with van der Waals surface area (Å²) in [6, 6.07) is -0.348. The molecular formula is C18H23FN8O. The Labute approximate surface area is 161 Å². The molecule has 0 saturated carbocycles. The first-order chi connectivity index (χ1) is 13.5. The van der Waals surface area contributed by atoms with E-state index in [1.54, 1.807) is 16.9 Å². The molecule has 28 heavy (non-hydrogen) atoms. The molecule has 2 N–H and O–H groups in total. The van der Waals surface area contributed by atoms with E-state index >= 15 is 0 Å². The van der Waals surface area contributed by atoms with Crippen LogP contribution in [0, 0.1) is 5.41 Å². The minimum Gasteiger partial charge on any atom is -0.378 e. The standard InChI is InChI=1S/C18H23FN8O/c1-18(2)9-26(10-18)16-15(11-5-21-22-6-11)20-7-14-24-17(25-27(14)16)23-13-3-4-28-8-12(13)19/h5-7,12-13H,3-4,8-10H2,1-2H3,(H,21,22)(H,23,25). The molecule has 10 heteroatoms. The third-order valence-electron chi connectivity index (χ3n) is 5.26. The number of nitrogens with one attached hydrogen (secondary N) is 2. The first-order valence-electron chi connectivity index (χ1n) is 9.48. The van der Waals surface area contributed by atoms with E-state index in [1.165, 1.54) is 0 Å². The number of aromatic nitrogens is 6. The average Bonchev–Trinajstić information content (AvgIpc) is 3.30. The van der Waals surface area contributed by atoms with Gasteiger partial charge in [0, 0.05) is 31.5 Å². The van der Waals surface area contributed by atoms with Gasteiger partial charge in [-0.05, 0) is 11.8 Å². The molecule has 2 unspecified atom stereocenters. The predicted octanol–water partition coefficient (Wildman–Crippen LogP) is 1.90. The van der Waals surface area contributed by atoms with Gasteiger partial charge in [0.25, 0.3) is 0 Å². The minimum absolute atomic E-state index is 0.103. The lowest BCUT2D eigenvalue weighted by molar-refractivity contribution is 0.0284. The Morgan fingerprint density at radius 2 is 2.18 bits per heavy atom. The van der Waals surface area contributed by atoms with E-state index < -0.39 is 6.17 Å². The molecule has 0 aliphatic carbocycles. The lowest BCUT2D eigenvalue weighted by Crippen LogP contribution is -2.54. The summed E-state index contributed by atoms with van der Waals surface area (Å²) in [5.74, 6) is 1.28. The van der Waals surface area contributed by atoms with Gasteiger partial charge in [0.1, 0.15) is 11.9 Å². The SMILES string of the molecule is CC1(C)CN(c2c(-c3cn[nH]c3)ncc3nc(NC4CCOCC4F)nn23)C1. The van der Waals surface area contributed by atoms with Crippen molar-refractivity contribution in [3.05, 3.63) is 18.6 Å². The van der Waals surface area contributed by atoms with Crippen LogP contribution in [0.4, 0.5) is 16.2 Å². The summed E-state index contributed by atoms with van der Waals surface area (Å²) in [7, 11) is 0. The van der Waals surface area contributed by atoms with Gasteiger partial charge in [0.15, 0.2) is 11.5 Å². The van der Waals surface area contributed by atoms with E-state index in [0.717, 1.165) is 30.2 Å². The zero-order valence-electron chi connectivity index (χ0n) is 15.9. The highest BCUT2D eigenvalue weighted by molar-refractivity contribution is 5.74. The fourth-order valence-electron chi connectivity index (χ4n) is 3.94. The zero-order valence-corrected chi connectivity index (χ0v) is 15.9. The van der Waals surface area contributed by atoms with Gasteiger partial charge >= 0.3 is 0 Å². The van der Waals surface area contributed by atoms with Crippen molar-refractivity contribution in [3.63, 3.8) is 0 Å². The van der Waals surface area contributed by atoms with Crippen molar-refractivity contribution in [1.29, 1.82) is 0 Å². The largest absolute Gasteiger partial charge is 0.378 e. The van der Waals surface area contributed by atoms with Crippen LogP contribution in [0.25, 0.3) is 16.9 Å². The van der Waals surface area contributed by atoms with Crippen LogP contribution in [0.1, 0.15) is 20.3 Å². The van der Waals surface area contributed by atoms with Crippen molar-refractivity contribution in [2.75, 3.05) is 36.5 Å². The average molecular weight is 386 g/mol. The number of alkyl halides is 1. The number of hydrogen-bond acceptors (Lipinski definition) is 7. The van der Waals surface area contributed by atoms with E-state index in [4.69, 9.17) is 4.74 Å². The topological polar surface area (TPSA) is 96.3 Å². The summed E-state index contributed by atoms with van der Waals surface area (Å²) in [5, 5.41) is 14.7. The number of ether oxygens (including phenoxy) is 1. The second-order valence-electron chi connectivity index (χ2n) is 8.27. The molecule has 3 aromatic rings. The van der Waals surface area contributed by atoms with E-state index in [-0.39, 0.29) is 18.1 Å². The second-order valence-corrected chi connectivity index (χ2v) is 8.27. The molecule has 0 bridgehead atoms. The molecule has 0 amide bonds. The van der Waals surface area contributed by atoms with Crippen LogP contribution >= 0.6 is 0 Å². The van der Waals surface area contributed by atoms with E-state index in [2.05, 4.69) is 49.3 Å². The Bertz CT molecular complexity index is 977. The predicted molar refractivity (Wildman–Crippen MR) is 102 cm³/mol. The van der Waals surface area contributed by atoms with Crippen LogP contribution in [-0.4, -0.2) is 68.3 Å². The summed E-state index contributed by atoms with van der Waals surface area (Å²) in [6.07, 6.45) is 4.76. The third-order valence-corrected chi connectivity index (χ3v) is 5.26. The summed E-state index contributed by atoms with van der Waals surface area (Å²) in [5.41, 5.74) is 2.54. The van der Waals surface area contributed by atoms with Crippen LogP contribution in [0.5, 0.6) is 0 Å². The maximum atomic E-state index is 14.1. The summed E-state index contributed by atoms with van der Waals surface area (Å²) in [4.78, 5) is 11.4. The Morgan fingerprint density at radius 3 is 2.89 bits per heavy atom. The molecule has 5 heterocycles. The summed E-state index contributed by atoms with van der Waals surface area (Å²) in [6.45, 7) is 6.89. The van der Waals surface area contributed by atoms with Crippen molar-refractivity contribution in [2.24, 2.45) is 5.41 Å². The van der Waals surface area contributed by atoms with Crippen LogP contribution in [-0.2, 0) is 4.74 Å². The lowest BCUT2D eigenvalue weighted by atomic mass is 9.84. The molecule has 148 valence electrons. The van der Waals surface area contributed by atoms with Gasteiger partial charge in [-0.1, -0.05) is 13.8 Å². The van der Waals surface area contributed by atoms with Crippen LogP contribution in [0.3, 0.4) is 0 Å². The van der Waals surface area contributed by atoms with E-state index in [9.17, 15) is 4.39 Å². The zero-order chi connectivity index (χ0) is 19.3. The van der Waals surface area contributed by atoms with E-state index in [0.29, 0.717) is 24.6 Å². The monoisotopic (exact) mass is 386 g/mol. The molecule has 3 aromatic heterocycles. The molecule has 2 aliphatic heterocycles. The number of hydrogen-bond donors (Lipinski definition) is 2. The third kappa shape index (κ3) is 2.97. The first kappa shape index (κ1) is 17.4. The summed E-state index contributed by atoms with van der Waals surface area (Å²) >= 11 is 0. The minimum atomic E-state index is -1.07. The highest BCUT2D eigenvalue weighted by Gasteiger charge is 2.37. The van der Waals surface area contributed by atoms with Crippen LogP contribution in [0.15, 0.2) is 18.6 Å². The summed E-state index contributed by atoms with van der Waals surface area (Å²) < 4.78 is 21.1. The number of anilines is 2. The molecule has 0 aromatic carbocycles. The highest BCUT2D eigenvalue weighted by Crippen LogP contribution is 2.38. The fraction of sp³-hybridized carbons (Fsp3) is 0.556. The van der Waals surface area contributed by atoms with Gasteiger partial charge in [-0.3, -0.25) is 5.10 Å². The quantitative estimate of drug-likeness (QED) is 0.707. The fourth-order valence-corrected chi connectivity index (χ4v) is 3.94. The molecule has 2 fully saturated rings. The highest BCUT2D eigenvalue weighted by atomic mass is 19.1. The van der Waals surface area contributed by atoms with Gasteiger partial charge in [0.2, 0.25) is 5.95 Å². The maximum Gasteiger partial charge on any atom is 0.243 e. The Morgan fingerprint density at radius 1 is 1.32 bits per heavy atom. The molecule has 2 aliphatic rings. The van der Waals surface area contributed by atoms with Crippen molar-refractivity contribution < 1.29 is 9.13 Å². The van der Waals surface area contributed by atoms with Gasteiger partial charge < -0.3 is 15.0 Å². The Hall–Kier alpha value is -2.75. The van der Waals surface area contributed by atoms with Crippen LogP contribution in [0.2, 0.25) is 0 Å². The number of aromatic amines is 1. The van der Waals surface area contributed by atoms with Crippen LogP contribution < -0.4 is 10.2 Å². The maximum absolute atomic E-state index is 14.1. The smallest absolute Gasteiger partial charge is 0.243 e. The number of rotatable bonds is 4. The number of nitrogens with zero attached hydrogens (tertiary/aromatic N) is 6. The molecular weight excluding hydrogens is 363 g/mol. The van der Waals surface area contributed by atoms with Crippen molar-refractivity contribution in [1.82, 2.24) is 29.8 Å². The molecule has 0 spiro atoms. The normalized spacial score (nSPS) is 24.3. The molecule has 2 saturated heterocycles. The Kier molecular flexibility index (Phi) is 3.97. The number of fused-ring (bicyclic) bond motifs is 1. The van der Waals surface area contributed by atoms with Gasteiger partial charge in [-0.2, -0.15) is 14.6 Å². The molecule has 9 nitrogen and oxygen atoms in total. The van der Waals surface area contributed by atoms with Gasteiger partial charge in [-0.15, -0.1) is 5.10 Å². The molecule has 5 rings (SSSR count). The lowest BCUT2D eigenvalue weighted by Gasteiger charge is -2.47. The van der Waals surface area contributed by atoms with Crippen molar-refractivity contribution in [3.8, 4) is 11.3 Å². The van der Waals surface area contributed by atoms with Gasteiger partial charge in [0.05, 0.1) is 25.0 Å². The molecule has 2 atom stereocenters.